The summed E-state index contributed by atoms with van der Waals surface area (Å²) in [7, 11) is 1.77. The normalized spacial score (nSPS) is 10.8. The van der Waals surface area contributed by atoms with E-state index in [1.807, 2.05) is 19.9 Å². The van der Waals surface area contributed by atoms with Gasteiger partial charge >= 0.3 is 0 Å². The quantitative estimate of drug-likeness (QED) is 0.805. The highest BCUT2D eigenvalue weighted by Gasteiger charge is 2.27. The monoisotopic (exact) mass is 294 g/mol. The minimum absolute atomic E-state index is 0.0773. The summed E-state index contributed by atoms with van der Waals surface area (Å²) in [4.78, 5) is 13.9. The third-order valence-electron chi connectivity index (χ3n) is 2.78. The predicted molar refractivity (Wildman–Crippen MR) is 71.1 cm³/mol. The van der Waals surface area contributed by atoms with Crippen LogP contribution in [0.3, 0.4) is 0 Å². The van der Waals surface area contributed by atoms with E-state index in [4.69, 9.17) is 5.26 Å². The molecule has 0 fully saturated rings. The molecule has 1 rings (SSSR count). The SMILES string of the molecule is CN(C(=O)c1cccc(C#N)c1)C(C)(C)CBr. The highest BCUT2D eigenvalue weighted by molar-refractivity contribution is 9.09. The molecule has 0 aliphatic carbocycles. The Morgan fingerprint density at radius 2 is 2.18 bits per heavy atom. The molecule has 0 saturated carbocycles. The summed E-state index contributed by atoms with van der Waals surface area (Å²) in [6, 6.07) is 8.78. The molecule has 0 aromatic heterocycles. The van der Waals surface area contributed by atoms with E-state index < -0.39 is 0 Å². The Bertz CT molecular complexity index is 463. The molecule has 0 bridgehead atoms. The van der Waals surface area contributed by atoms with E-state index in [9.17, 15) is 4.79 Å². The topological polar surface area (TPSA) is 44.1 Å². The zero-order valence-electron chi connectivity index (χ0n) is 10.2. The lowest BCUT2D eigenvalue weighted by molar-refractivity contribution is 0.0663. The predicted octanol–water partition coefficient (Wildman–Crippen LogP) is 2.80. The smallest absolute Gasteiger partial charge is 0.254 e. The van der Waals surface area contributed by atoms with E-state index in [0.717, 1.165) is 0 Å². The molecular weight excluding hydrogens is 280 g/mol. The highest BCUT2D eigenvalue weighted by atomic mass is 79.9. The van der Waals surface area contributed by atoms with Gasteiger partial charge in [0, 0.05) is 23.5 Å². The average molecular weight is 295 g/mol. The Hall–Kier alpha value is -1.34. The number of nitrogens with zero attached hydrogens (tertiary/aromatic N) is 2. The number of halogens is 1. The van der Waals surface area contributed by atoms with Crippen molar-refractivity contribution in [1.29, 1.82) is 5.26 Å². The Balaban J connectivity index is 3.01. The van der Waals surface area contributed by atoms with Gasteiger partial charge in [-0.2, -0.15) is 5.26 Å². The van der Waals surface area contributed by atoms with Crippen molar-refractivity contribution >= 4 is 21.8 Å². The fraction of sp³-hybridized carbons (Fsp3) is 0.385. The summed E-state index contributed by atoms with van der Waals surface area (Å²) >= 11 is 3.39. The van der Waals surface area contributed by atoms with Crippen molar-refractivity contribution in [3.05, 3.63) is 35.4 Å². The van der Waals surface area contributed by atoms with Gasteiger partial charge in [0.05, 0.1) is 11.6 Å². The Morgan fingerprint density at radius 1 is 1.53 bits per heavy atom. The molecule has 0 aliphatic heterocycles. The summed E-state index contributed by atoms with van der Waals surface area (Å²) < 4.78 is 0. The lowest BCUT2D eigenvalue weighted by Gasteiger charge is -2.34. The van der Waals surface area contributed by atoms with E-state index in [2.05, 4.69) is 15.9 Å². The van der Waals surface area contributed by atoms with Crippen LogP contribution < -0.4 is 0 Å². The van der Waals surface area contributed by atoms with Crippen LogP contribution in [0.4, 0.5) is 0 Å². The molecule has 1 amide bonds. The van der Waals surface area contributed by atoms with Gasteiger partial charge < -0.3 is 4.90 Å². The summed E-state index contributed by atoms with van der Waals surface area (Å²) in [5, 5.41) is 9.50. The van der Waals surface area contributed by atoms with E-state index in [0.29, 0.717) is 16.5 Å². The molecule has 1 aromatic rings. The largest absolute Gasteiger partial charge is 0.336 e. The van der Waals surface area contributed by atoms with Crippen LogP contribution in [0.25, 0.3) is 0 Å². The zero-order chi connectivity index (χ0) is 13.1. The molecule has 0 heterocycles. The number of alkyl halides is 1. The Labute approximate surface area is 110 Å². The molecule has 17 heavy (non-hydrogen) atoms. The minimum Gasteiger partial charge on any atom is -0.336 e. The second-order valence-electron chi connectivity index (χ2n) is 4.50. The van der Waals surface area contributed by atoms with Crippen LogP contribution in [0.5, 0.6) is 0 Å². The van der Waals surface area contributed by atoms with Crippen LogP contribution >= 0.6 is 15.9 Å². The summed E-state index contributed by atoms with van der Waals surface area (Å²) in [6.07, 6.45) is 0. The maximum atomic E-state index is 12.2. The molecule has 0 saturated heterocycles. The fourth-order valence-corrected chi connectivity index (χ4v) is 1.66. The van der Waals surface area contributed by atoms with Gasteiger partial charge in [-0.15, -0.1) is 0 Å². The molecule has 0 N–H and O–H groups in total. The van der Waals surface area contributed by atoms with Crippen LogP contribution in [-0.4, -0.2) is 28.7 Å². The fourth-order valence-electron chi connectivity index (χ4n) is 1.28. The second kappa shape index (κ2) is 5.33. The molecule has 3 nitrogen and oxygen atoms in total. The van der Waals surface area contributed by atoms with Crippen molar-refractivity contribution in [2.75, 3.05) is 12.4 Å². The van der Waals surface area contributed by atoms with Gasteiger partial charge in [0.2, 0.25) is 0 Å². The number of nitriles is 1. The van der Waals surface area contributed by atoms with Gasteiger partial charge in [-0.3, -0.25) is 4.79 Å². The van der Waals surface area contributed by atoms with Crippen molar-refractivity contribution in [3.63, 3.8) is 0 Å². The third-order valence-corrected chi connectivity index (χ3v) is 4.15. The maximum absolute atomic E-state index is 12.2. The first-order valence-electron chi connectivity index (χ1n) is 5.26. The van der Waals surface area contributed by atoms with Crippen LogP contribution in [0.2, 0.25) is 0 Å². The first-order chi connectivity index (χ1) is 7.92. The van der Waals surface area contributed by atoms with Crippen LogP contribution in [0, 0.1) is 11.3 Å². The molecule has 0 aliphatic rings. The van der Waals surface area contributed by atoms with Crippen molar-refractivity contribution in [3.8, 4) is 6.07 Å². The Morgan fingerprint density at radius 3 is 2.71 bits per heavy atom. The van der Waals surface area contributed by atoms with Crippen LogP contribution in [-0.2, 0) is 0 Å². The number of carbonyl (C=O) groups is 1. The lowest BCUT2D eigenvalue weighted by atomic mass is 10.0. The minimum atomic E-state index is -0.264. The number of hydrogen-bond acceptors (Lipinski definition) is 2. The molecule has 1 aromatic carbocycles. The van der Waals surface area contributed by atoms with Gasteiger partial charge in [-0.1, -0.05) is 22.0 Å². The molecule has 90 valence electrons. The summed E-state index contributed by atoms with van der Waals surface area (Å²) in [6.45, 7) is 3.96. The van der Waals surface area contributed by atoms with Gasteiger partial charge in [0.1, 0.15) is 0 Å². The number of benzene rings is 1. The summed E-state index contributed by atoms with van der Waals surface area (Å²) in [5.41, 5.74) is 0.779. The van der Waals surface area contributed by atoms with Gasteiger partial charge in [0.25, 0.3) is 5.91 Å². The average Bonchev–Trinajstić information content (AvgIpc) is 2.37. The molecule has 4 heteroatoms. The standard InChI is InChI=1S/C13H15BrN2O/c1-13(2,9-14)16(3)12(17)11-6-4-5-10(7-11)8-15/h4-7H,9H2,1-3H3. The molecular formula is C13H15BrN2O. The van der Waals surface area contributed by atoms with Gasteiger partial charge in [-0.25, -0.2) is 0 Å². The van der Waals surface area contributed by atoms with Gasteiger partial charge in [-0.05, 0) is 32.0 Å². The van der Waals surface area contributed by atoms with Gasteiger partial charge in [0.15, 0.2) is 0 Å². The zero-order valence-corrected chi connectivity index (χ0v) is 11.8. The maximum Gasteiger partial charge on any atom is 0.254 e. The van der Waals surface area contributed by atoms with E-state index in [1.165, 1.54) is 0 Å². The van der Waals surface area contributed by atoms with Crippen LogP contribution in [0.15, 0.2) is 24.3 Å². The number of amides is 1. The Kier molecular flexibility index (Phi) is 4.30. The molecule has 0 atom stereocenters. The first kappa shape index (κ1) is 13.7. The van der Waals surface area contributed by atoms with Crippen molar-refractivity contribution < 1.29 is 4.79 Å². The van der Waals surface area contributed by atoms with Crippen molar-refractivity contribution in [1.82, 2.24) is 4.90 Å². The molecule has 0 radical (unpaired) electrons. The number of carbonyl (C=O) groups excluding carboxylic acids is 1. The van der Waals surface area contributed by atoms with E-state index in [1.54, 1.807) is 36.2 Å². The third kappa shape index (κ3) is 3.07. The van der Waals surface area contributed by atoms with Crippen molar-refractivity contribution in [2.24, 2.45) is 0 Å². The number of rotatable bonds is 3. The summed E-state index contributed by atoms with van der Waals surface area (Å²) in [5.74, 6) is -0.0773. The molecule has 0 spiro atoms. The van der Waals surface area contributed by atoms with E-state index >= 15 is 0 Å². The lowest BCUT2D eigenvalue weighted by Crippen LogP contribution is -2.46. The second-order valence-corrected chi connectivity index (χ2v) is 5.06. The van der Waals surface area contributed by atoms with E-state index in [-0.39, 0.29) is 11.4 Å². The number of hydrogen-bond donors (Lipinski definition) is 0. The highest BCUT2D eigenvalue weighted by Crippen LogP contribution is 2.18. The molecule has 0 unspecified atom stereocenters. The first-order valence-corrected chi connectivity index (χ1v) is 6.39. The van der Waals surface area contributed by atoms with Crippen LogP contribution in [0.1, 0.15) is 29.8 Å². The van der Waals surface area contributed by atoms with Crippen molar-refractivity contribution in [2.45, 2.75) is 19.4 Å².